The maximum absolute atomic E-state index is 14.0. The monoisotopic (exact) mass is 1490 g/mol. The second kappa shape index (κ2) is 41.6. The van der Waals surface area contributed by atoms with E-state index in [1.165, 1.54) is 69.4 Å². The van der Waals surface area contributed by atoms with Gasteiger partial charge in [-0.15, -0.1) is 0 Å². The van der Waals surface area contributed by atoms with Gasteiger partial charge in [0.25, 0.3) is 0 Å². The predicted molar refractivity (Wildman–Crippen MR) is 348 cm³/mol. The maximum Gasteiger partial charge on any atom is 0.312 e. The van der Waals surface area contributed by atoms with Gasteiger partial charge in [0.15, 0.2) is 49.9 Å². The summed E-state index contributed by atoms with van der Waals surface area (Å²) in [6.07, 6.45) is -49.3. The van der Waals surface area contributed by atoms with Crippen molar-refractivity contribution in [3.8, 4) is 0 Å². The molecule has 0 saturated carbocycles. The molecule has 6 saturated heterocycles. The predicted octanol–water partition coefficient (Wildman–Crippen LogP) is -2.63. The summed E-state index contributed by atoms with van der Waals surface area (Å²) in [6, 6.07) is 0. The van der Waals surface area contributed by atoms with E-state index in [1.807, 2.05) is 6.92 Å². The minimum absolute atomic E-state index is 0.122. The van der Waals surface area contributed by atoms with Crippen molar-refractivity contribution in [2.75, 3.05) is 20.3 Å². The van der Waals surface area contributed by atoms with Gasteiger partial charge >= 0.3 is 23.9 Å². The van der Waals surface area contributed by atoms with Crippen LogP contribution in [0.2, 0.25) is 0 Å². The highest BCUT2D eigenvalue weighted by molar-refractivity contribution is 5.76. The third-order valence-electron chi connectivity index (χ3n) is 20.3. The fourth-order valence-electron chi connectivity index (χ4n) is 12.7. The van der Waals surface area contributed by atoms with Gasteiger partial charge in [-0.2, -0.15) is 0 Å². The molecule has 0 radical (unpaired) electrons. The van der Waals surface area contributed by atoms with Crippen molar-refractivity contribution < 1.29 is 172 Å². The van der Waals surface area contributed by atoms with E-state index in [2.05, 4.69) is 4.74 Å². The summed E-state index contributed by atoms with van der Waals surface area (Å²) in [5, 5.41) is 167. The van der Waals surface area contributed by atoms with Crippen LogP contribution in [0.25, 0.3) is 0 Å². The molecule has 600 valence electrons. The van der Waals surface area contributed by atoms with Gasteiger partial charge in [0.05, 0.1) is 87.2 Å². The van der Waals surface area contributed by atoms with Gasteiger partial charge < -0.3 is 152 Å². The van der Waals surface area contributed by atoms with Crippen LogP contribution < -0.4 is 0 Å². The molecule has 103 heavy (non-hydrogen) atoms. The smallest absolute Gasteiger partial charge is 0.312 e. The SMILES string of the molecule is CCCCCC(CCCCCCCC(O)CC(=O)OC)OC1OC(COC2OC(C)C(O)C(O)C2O)C(O)C(O)C1OC1OC(CO)C(O)C(O)C1OC1OC(C)C(OC2OC(C)C(OC(=O)C(C)C(C)OC(=O)C(C)C(C)O)C(OC3OC(C)C(O)C(O)C3O)C2O)C(OC(=O)C(C)CC)C1O. The molecule has 6 rings (SSSR count). The van der Waals surface area contributed by atoms with Gasteiger partial charge in [0.1, 0.15) is 116 Å². The van der Waals surface area contributed by atoms with Crippen molar-refractivity contribution >= 4 is 23.9 Å². The number of esters is 4. The number of carbonyl (C=O) groups excluding carboxylic acids is 4. The molecule has 6 aliphatic heterocycles. The van der Waals surface area contributed by atoms with Gasteiger partial charge in [-0.25, -0.2) is 0 Å². The van der Waals surface area contributed by atoms with E-state index in [0.29, 0.717) is 44.9 Å². The first kappa shape index (κ1) is 88.7. The molecule has 6 aliphatic rings. The highest BCUT2D eigenvalue weighted by Gasteiger charge is 2.59. The molecule has 6 fully saturated rings. The number of rotatable bonds is 37. The fraction of sp³-hybridized carbons (Fsp3) is 0.941. The number of aliphatic hydroxyl groups excluding tert-OH is 15. The third kappa shape index (κ3) is 23.4. The van der Waals surface area contributed by atoms with Crippen LogP contribution in [0.15, 0.2) is 0 Å². The number of ether oxygens (including phenoxy) is 16. The standard InChI is InChI=1S/C68H118O35/c1-13-15-19-23-38(24-21-18-16-17-20-22-37(71)25-41(72)88-12)95-67-58(49(80)45(76)40(97-67)27-89-63-50(81)46(77)42(73)33(8)91-63)103-68-59(48(79)44(75)39(26-69)96-68)102-66-52(83)56(99-60(85)28(3)14-2)55(36(11)94-66)100-65-53(84)57(101-64-51(82)47(78)43(74)34(9)92-64)54(35(10)93-65)98-62(87)30(5)32(7)90-61(86)29(4)31(6)70/h28-40,42-59,63-71,73-84H,13-27H2,1-12H3. The van der Waals surface area contributed by atoms with E-state index in [0.717, 1.165) is 25.7 Å². The topological polar surface area (TPSA) is 519 Å². The van der Waals surface area contributed by atoms with Crippen molar-refractivity contribution in [1.29, 1.82) is 0 Å². The van der Waals surface area contributed by atoms with Crippen molar-refractivity contribution in [1.82, 2.24) is 0 Å². The summed E-state index contributed by atoms with van der Waals surface area (Å²) in [7, 11) is 1.24. The highest BCUT2D eigenvalue weighted by atomic mass is 16.8. The summed E-state index contributed by atoms with van der Waals surface area (Å²) < 4.78 is 96.2. The molecule has 35 nitrogen and oxygen atoms in total. The molecule has 6 heterocycles. The summed E-state index contributed by atoms with van der Waals surface area (Å²) in [4.78, 5) is 52.3. The quantitative estimate of drug-likeness (QED) is 0.0172. The second-order valence-electron chi connectivity index (χ2n) is 28.3. The van der Waals surface area contributed by atoms with Crippen LogP contribution in [0.4, 0.5) is 0 Å². The maximum atomic E-state index is 14.0. The summed E-state index contributed by atoms with van der Waals surface area (Å²) >= 11 is 0. The molecule has 35 heteroatoms. The third-order valence-corrected chi connectivity index (χ3v) is 20.3. The van der Waals surface area contributed by atoms with Crippen LogP contribution in [-0.2, 0) is 95.0 Å². The molecule has 0 bridgehead atoms. The van der Waals surface area contributed by atoms with Gasteiger partial charge in [-0.05, 0) is 81.1 Å². The fourth-order valence-corrected chi connectivity index (χ4v) is 12.7. The zero-order chi connectivity index (χ0) is 76.6. The van der Waals surface area contributed by atoms with Crippen LogP contribution in [0.3, 0.4) is 0 Å². The lowest BCUT2D eigenvalue weighted by Crippen LogP contribution is -2.68. The highest BCUT2D eigenvalue weighted by Crippen LogP contribution is 2.39. The van der Waals surface area contributed by atoms with Crippen LogP contribution in [0.1, 0.15) is 160 Å². The van der Waals surface area contributed by atoms with Gasteiger partial charge in [0.2, 0.25) is 0 Å². The van der Waals surface area contributed by atoms with Crippen molar-refractivity contribution in [3.05, 3.63) is 0 Å². The number of methoxy groups -OCH3 is 1. The summed E-state index contributed by atoms with van der Waals surface area (Å²) in [5.41, 5.74) is 0. The Kier molecular flexibility index (Phi) is 35.8. The molecule has 0 spiro atoms. The van der Waals surface area contributed by atoms with Crippen LogP contribution in [0.5, 0.6) is 0 Å². The van der Waals surface area contributed by atoms with E-state index in [-0.39, 0.29) is 12.8 Å². The van der Waals surface area contributed by atoms with Crippen LogP contribution >= 0.6 is 0 Å². The lowest BCUT2D eigenvalue weighted by molar-refractivity contribution is -0.403. The van der Waals surface area contributed by atoms with Gasteiger partial charge in [-0.1, -0.05) is 72.1 Å². The number of carbonyl (C=O) groups is 4. The van der Waals surface area contributed by atoms with Crippen molar-refractivity contribution in [2.45, 2.75) is 368 Å². The zero-order valence-electron chi connectivity index (χ0n) is 60.8. The molecule has 0 aromatic rings. The van der Waals surface area contributed by atoms with Crippen molar-refractivity contribution in [3.63, 3.8) is 0 Å². The molecule has 15 N–H and O–H groups in total. The Balaban J connectivity index is 1.29. The summed E-state index contributed by atoms with van der Waals surface area (Å²) in [6.45, 7) is 14.8. The normalized spacial score (nSPS) is 40.8. The second-order valence-corrected chi connectivity index (χ2v) is 28.3. The summed E-state index contributed by atoms with van der Waals surface area (Å²) in [5.74, 6) is -6.24. The Bertz CT molecular complexity index is 2530. The average Bonchev–Trinajstić information content (AvgIpc) is 0.771. The molecular formula is C68H118O35. The molecule has 37 unspecified atom stereocenters. The number of unbranched alkanes of at least 4 members (excludes halogenated alkanes) is 6. The molecule has 0 aromatic carbocycles. The van der Waals surface area contributed by atoms with E-state index in [9.17, 15) is 95.8 Å². The van der Waals surface area contributed by atoms with Gasteiger partial charge in [-0.3, -0.25) is 19.2 Å². The van der Waals surface area contributed by atoms with E-state index in [1.54, 1.807) is 6.92 Å². The largest absolute Gasteiger partial charge is 0.469 e. The van der Waals surface area contributed by atoms with Crippen LogP contribution in [0, 0.1) is 17.8 Å². The first-order valence-corrected chi connectivity index (χ1v) is 36.2. The first-order chi connectivity index (χ1) is 48.6. The Morgan fingerprint density at radius 1 is 0.427 bits per heavy atom. The van der Waals surface area contributed by atoms with Crippen LogP contribution in [-0.4, -0.2) is 329 Å². The first-order valence-electron chi connectivity index (χ1n) is 36.2. The van der Waals surface area contributed by atoms with E-state index in [4.69, 9.17) is 71.1 Å². The Hall–Kier alpha value is -3.20. The Labute approximate surface area is 600 Å². The number of hydrogen-bond donors (Lipinski definition) is 15. The number of hydrogen-bond acceptors (Lipinski definition) is 35. The molecule has 0 amide bonds. The lowest BCUT2D eigenvalue weighted by atomic mass is 9.95. The van der Waals surface area contributed by atoms with E-state index >= 15 is 0 Å². The Morgan fingerprint density at radius 3 is 1.47 bits per heavy atom. The lowest BCUT2D eigenvalue weighted by Gasteiger charge is -2.50. The molecular weight excluding hydrogens is 1380 g/mol. The van der Waals surface area contributed by atoms with E-state index < -0.39 is 263 Å². The molecule has 0 aliphatic carbocycles. The minimum Gasteiger partial charge on any atom is -0.469 e. The molecule has 37 atom stereocenters. The minimum atomic E-state index is -2.17. The van der Waals surface area contributed by atoms with Crippen molar-refractivity contribution in [2.24, 2.45) is 17.8 Å². The average molecular weight is 1500 g/mol. The molecule has 0 aromatic heterocycles. The Morgan fingerprint density at radius 2 is 0.893 bits per heavy atom. The van der Waals surface area contributed by atoms with Gasteiger partial charge in [0, 0.05) is 0 Å². The zero-order valence-corrected chi connectivity index (χ0v) is 60.8. The number of aliphatic hydroxyl groups is 15.